The number of nitrogens with one attached hydrogen (secondary N) is 2. The molecule has 4 heteroatoms. The van der Waals surface area contributed by atoms with Gasteiger partial charge in [0, 0.05) is 12.6 Å². The van der Waals surface area contributed by atoms with Crippen molar-refractivity contribution in [3.05, 3.63) is 0 Å². The van der Waals surface area contributed by atoms with Gasteiger partial charge < -0.3 is 10.6 Å². The van der Waals surface area contributed by atoms with Gasteiger partial charge in [-0.15, -0.1) is 0 Å². The fourth-order valence-corrected chi connectivity index (χ4v) is 2.31. The normalized spacial score (nSPS) is 28.1. The van der Waals surface area contributed by atoms with Crippen molar-refractivity contribution in [2.45, 2.75) is 37.3 Å². The van der Waals surface area contributed by atoms with Crippen molar-refractivity contribution in [3.8, 4) is 0 Å². The molecular formula is C11H21N3O. The van der Waals surface area contributed by atoms with Crippen LogP contribution in [0, 0.1) is 0 Å². The monoisotopic (exact) mass is 211 g/mol. The van der Waals surface area contributed by atoms with Crippen LogP contribution >= 0.6 is 0 Å². The molecule has 1 amide bonds. The summed E-state index contributed by atoms with van der Waals surface area (Å²) >= 11 is 0. The predicted octanol–water partition coefficient (Wildman–Crippen LogP) is -0.0512. The van der Waals surface area contributed by atoms with Crippen molar-refractivity contribution in [1.29, 1.82) is 0 Å². The van der Waals surface area contributed by atoms with Crippen LogP contribution in [0.3, 0.4) is 0 Å². The standard InChI is InChI=1S/C11H21N3O/c1-14(2)11(5-6-11)10(15)13-8-9-4-3-7-12-9/h9,12H,3-8H2,1-2H3,(H,13,15). The molecule has 1 saturated heterocycles. The van der Waals surface area contributed by atoms with Crippen LogP contribution in [-0.4, -0.2) is 49.6 Å². The minimum absolute atomic E-state index is 0.182. The molecule has 1 aliphatic heterocycles. The number of carbonyl (C=O) groups is 1. The molecule has 2 rings (SSSR count). The van der Waals surface area contributed by atoms with E-state index >= 15 is 0 Å². The van der Waals surface area contributed by atoms with Crippen molar-refractivity contribution >= 4 is 5.91 Å². The number of amides is 1. The second-order valence-electron chi connectivity index (χ2n) is 4.93. The summed E-state index contributed by atoms with van der Waals surface area (Å²) in [6, 6.07) is 0.493. The lowest BCUT2D eigenvalue weighted by molar-refractivity contribution is -0.127. The summed E-state index contributed by atoms with van der Waals surface area (Å²) in [5.41, 5.74) is -0.182. The van der Waals surface area contributed by atoms with E-state index in [4.69, 9.17) is 0 Å². The van der Waals surface area contributed by atoms with E-state index in [0.29, 0.717) is 6.04 Å². The summed E-state index contributed by atoms with van der Waals surface area (Å²) in [4.78, 5) is 14.0. The van der Waals surface area contributed by atoms with Crippen LogP contribution in [0.1, 0.15) is 25.7 Å². The summed E-state index contributed by atoms with van der Waals surface area (Å²) in [6.45, 7) is 1.88. The van der Waals surface area contributed by atoms with Crippen LogP contribution < -0.4 is 10.6 Å². The number of carbonyl (C=O) groups excluding carboxylic acids is 1. The van der Waals surface area contributed by atoms with Crippen LogP contribution in [0.15, 0.2) is 0 Å². The minimum Gasteiger partial charge on any atom is -0.353 e. The Morgan fingerprint density at radius 3 is 2.73 bits per heavy atom. The summed E-state index contributed by atoms with van der Waals surface area (Å²) in [5, 5.41) is 6.45. The van der Waals surface area contributed by atoms with Crippen LogP contribution in [0.25, 0.3) is 0 Å². The fourth-order valence-electron chi connectivity index (χ4n) is 2.31. The molecule has 0 aromatic heterocycles. The number of nitrogens with zero attached hydrogens (tertiary/aromatic N) is 1. The second-order valence-corrected chi connectivity index (χ2v) is 4.93. The number of likely N-dealkylation sites (N-methyl/N-ethyl adjacent to an activating group) is 1. The van der Waals surface area contributed by atoms with Gasteiger partial charge in [0.05, 0.1) is 5.54 Å². The van der Waals surface area contributed by atoms with Gasteiger partial charge in [-0.2, -0.15) is 0 Å². The molecule has 15 heavy (non-hydrogen) atoms. The van der Waals surface area contributed by atoms with Crippen molar-refractivity contribution < 1.29 is 4.79 Å². The Balaban J connectivity index is 1.77. The van der Waals surface area contributed by atoms with Gasteiger partial charge in [0.1, 0.15) is 0 Å². The van der Waals surface area contributed by atoms with Gasteiger partial charge in [0.25, 0.3) is 0 Å². The first kappa shape index (κ1) is 10.9. The predicted molar refractivity (Wildman–Crippen MR) is 59.7 cm³/mol. The third-order valence-electron chi connectivity index (χ3n) is 3.67. The van der Waals surface area contributed by atoms with Crippen LogP contribution in [-0.2, 0) is 4.79 Å². The first-order chi connectivity index (χ1) is 7.15. The summed E-state index contributed by atoms with van der Waals surface area (Å²) in [5.74, 6) is 0.209. The van der Waals surface area contributed by atoms with Gasteiger partial charge in [-0.05, 0) is 46.3 Å². The molecule has 0 spiro atoms. The maximum atomic E-state index is 11.9. The van der Waals surface area contributed by atoms with Crippen molar-refractivity contribution in [2.75, 3.05) is 27.2 Å². The zero-order valence-electron chi connectivity index (χ0n) is 9.68. The molecule has 2 fully saturated rings. The van der Waals surface area contributed by atoms with E-state index in [0.717, 1.165) is 25.9 Å². The molecule has 1 saturated carbocycles. The lowest BCUT2D eigenvalue weighted by Gasteiger charge is -2.23. The highest BCUT2D eigenvalue weighted by Crippen LogP contribution is 2.40. The molecule has 0 bridgehead atoms. The second kappa shape index (κ2) is 4.10. The molecule has 86 valence electrons. The molecule has 1 atom stereocenters. The SMILES string of the molecule is CN(C)C1(C(=O)NCC2CCCN2)CC1. The Kier molecular flexibility index (Phi) is 2.98. The first-order valence-electron chi connectivity index (χ1n) is 5.84. The Morgan fingerprint density at radius 1 is 1.53 bits per heavy atom. The highest BCUT2D eigenvalue weighted by Gasteiger charge is 2.51. The minimum atomic E-state index is -0.182. The van der Waals surface area contributed by atoms with Crippen LogP contribution in [0.4, 0.5) is 0 Å². The van der Waals surface area contributed by atoms with Gasteiger partial charge in [-0.3, -0.25) is 9.69 Å². The molecule has 2 N–H and O–H groups in total. The molecule has 0 aromatic rings. The number of hydrogen-bond acceptors (Lipinski definition) is 3. The average molecular weight is 211 g/mol. The van der Waals surface area contributed by atoms with Crippen LogP contribution in [0.2, 0.25) is 0 Å². The van der Waals surface area contributed by atoms with Crippen molar-refractivity contribution in [2.24, 2.45) is 0 Å². The first-order valence-corrected chi connectivity index (χ1v) is 5.84. The van der Waals surface area contributed by atoms with E-state index in [1.165, 1.54) is 12.8 Å². The smallest absolute Gasteiger partial charge is 0.240 e. The van der Waals surface area contributed by atoms with Gasteiger partial charge >= 0.3 is 0 Å². The third kappa shape index (κ3) is 2.16. The average Bonchev–Trinajstić information content (AvgIpc) is 2.87. The molecule has 4 nitrogen and oxygen atoms in total. The number of rotatable bonds is 4. The molecule has 1 aliphatic carbocycles. The third-order valence-corrected chi connectivity index (χ3v) is 3.67. The summed E-state index contributed by atoms with van der Waals surface area (Å²) in [7, 11) is 3.97. The summed E-state index contributed by atoms with van der Waals surface area (Å²) < 4.78 is 0. The Hall–Kier alpha value is -0.610. The maximum Gasteiger partial charge on any atom is 0.240 e. The van der Waals surface area contributed by atoms with Crippen LogP contribution in [0.5, 0.6) is 0 Å². The molecule has 0 aromatic carbocycles. The largest absolute Gasteiger partial charge is 0.353 e. The maximum absolute atomic E-state index is 11.9. The van der Waals surface area contributed by atoms with Crippen molar-refractivity contribution in [3.63, 3.8) is 0 Å². The zero-order chi connectivity index (χ0) is 10.9. The van der Waals surface area contributed by atoms with Gasteiger partial charge in [-0.1, -0.05) is 0 Å². The van der Waals surface area contributed by atoms with E-state index in [2.05, 4.69) is 10.6 Å². The fraction of sp³-hybridized carbons (Fsp3) is 0.909. The quantitative estimate of drug-likeness (QED) is 0.685. The summed E-state index contributed by atoms with van der Waals surface area (Å²) in [6.07, 6.45) is 4.43. The molecule has 1 heterocycles. The topological polar surface area (TPSA) is 44.4 Å². The van der Waals surface area contributed by atoms with Gasteiger partial charge in [0.2, 0.25) is 5.91 Å². The van der Waals surface area contributed by atoms with E-state index < -0.39 is 0 Å². The molecule has 0 radical (unpaired) electrons. The highest BCUT2D eigenvalue weighted by atomic mass is 16.2. The van der Waals surface area contributed by atoms with E-state index in [-0.39, 0.29) is 11.4 Å². The van der Waals surface area contributed by atoms with Crippen molar-refractivity contribution in [1.82, 2.24) is 15.5 Å². The molecular weight excluding hydrogens is 190 g/mol. The van der Waals surface area contributed by atoms with Gasteiger partial charge in [-0.25, -0.2) is 0 Å². The highest BCUT2D eigenvalue weighted by molar-refractivity contribution is 5.89. The van der Waals surface area contributed by atoms with E-state index in [9.17, 15) is 4.79 Å². The Morgan fingerprint density at radius 2 is 2.27 bits per heavy atom. The van der Waals surface area contributed by atoms with E-state index in [1.807, 2.05) is 19.0 Å². The molecule has 2 aliphatic rings. The van der Waals surface area contributed by atoms with Gasteiger partial charge in [0.15, 0.2) is 0 Å². The zero-order valence-corrected chi connectivity index (χ0v) is 9.68. The Labute approximate surface area is 91.4 Å². The molecule has 1 unspecified atom stereocenters. The lowest BCUT2D eigenvalue weighted by atomic mass is 10.2. The number of hydrogen-bond donors (Lipinski definition) is 2. The van der Waals surface area contributed by atoms with E-state index in [1.54, 1.807) is 0 Å². The lowest BCUT2D eigenvalue weighted by Crippen LogP contribution is -2.48. The Bertz CT molecular complexity index is 242.